The van der Waals surface area contributed by atoms with Gasteiger partial charge in [0.05, 0.1) is 12.5 Å². The molecule has 4 heterocycles. The Labute approximate surface area is 167 Å². The van der Waals surface area contributed by atoms with Crippen molar-refractivity contribution in [1.82, 2.24) is 25.0 Å². The van der Waals surface area contributed by atoms with Crippen LogP contribution < -0.4 is 10.6 Å². The third kappa shape index (κ3) is 3.29. The number of anilines is 1. The van der Waals surface area contributed by atoms with Crippen LogP contribution >= 0.6 is 0 Å². The summed E-state index contributed by atoms with van der Waals surface area (Å²) in [4.78, 5) is 27.1. The zero-order chi connectivity index (χ0) is 20.0. The number of benzene rings is 1. The van der Waals surface area contributed by atoms with E-state index in [2.05, 4.69) is 25.4 Å². The summed E-state index contributed by atoms with van der Waals surface area (Å²) in [5.41, 5.74) is 1.09. The molecule has 0 bridgehead atoms. The number of rotatable bonds is 2. The Morgan fingerprint density at radius 1 is 1.17 bits per heavy atom. The highest BCUT2D eigenvalue weighted by atomic mass is 19.1. The zero-order valence-electron chi connectivity index (χ0n) is 16.0. The van der Waals surface area contributed by atoms with E-state index >= 15 is 0 Å². The van der Waals surface area contributed by atoms with Crippen molar-refractivity contribution in [2.45, 2.75) is 44.2 Å². The Hall–Kier alpha value is -2.81. The Balaban J connectivity index is 1.30. The first-order valence-corrected chi connectivity index (χ1v) is 10.1. The highest BCUT2D eigenvalue weighted by Crippen LogP contribution is 2.36. The molecule has 1 atom stereocenters. The lowest BCUT2D eigenvalue weighted by atomic mass is 9.87. The molecule has 9 heteroatoms. The molecule has 0 radical (unpaired) electrons. The maximum atomic E-state index is 13.5. The molecule has 5 rings (SSSR count). The Kier molecular flexibility index (Phi) is 4.54. The normalized spacial score (nSPS) is 22.0. The first-order valence-electron chi connectivity index (χ1n) is 10.1. The predicted octanol–water partition coefficient (Wildman–Crippen LogP) is 1.35. The van der Waals surface area contributed by atoms with Crippen LogP contribution in [0.15, 0.2) is 18.2 Å². The molecule has 2 amide bonds. The number of hydrogen-bond acceptors (Lipinski definition) is 5. The van der Waals surface area contributed by atoms with Gasteiger partial charge < -0.3 is 20.1 Å². The molecule has 3 aliphatic heterocycles. The van der Waals surface area contributed by atoms with Crippen LogP contribution in [0.25, 0.3) is 0 Å². The number of likely N-dealkylation sites (tertiary alicyclic amines) is 1. The summed E-state index contributed by atoms with van der Waals surface area (Å²) in [6.07, 6.45) is 1.75. The van der Waals surface area contributed by atoms with Gasteiger partial charge in [0.15, 0.2) is 0 Å². The molecule has 0 aliphatic carbocycles. The molecule has 1 aromatic heterocycles. The van der Waals surface area contributed by atoms with Gasteiger partial charge in [0, 0.05) is 44.2 Å². The Bertz CT molecular complexity index is 966. The van der Waals surface area contributed by atoms with Gasteiger partial charge in [0.1, 0.15) is 17.5 Å². The summed E-state index contributed by atoms with van der Waals surface area (Å²) in [5, 5.41) is 14.7. The fourth-order valence-corrected chi connectivity index (χ4v) is 4.65. The van der Waals surface area contributed by atoms with Gasteiger partial charge in [-0.3, -0.25) is 9.59 Å². The van der Waals surface area contributed by atoms with Crippen molar-refractivity contribution >= 4 is 17.5 Å². The van der Waals surface area contributed by atoms with Crippen molar-refractivity contribution in [2.24, 2.45) is 0 Å². The minimum Gasteiger partial charge on any atom is -0.342 e. The number of hydrogen-bond donors (Lipinski definition) is 2. The van der Waals surface area contributed by atoms with Crippen LogP contribution in [0.3, 0.4) is 0 Å². The van der Waals surface area contributed by atoms with Gasteiger partial charge in [-0.05, 0) is 30.5 Å². The van der Waals surface area contributed by atoms with Crippen molar-refractivity contribution < 1.29 is 14.0 Å². The van der Waals surface area contributed by atoms with Gasteiger partial charge >= 0.3 is 0 Å². The molecular formula is C20H23FN6O2. The largest absolute Gasteiger partial charge is 0.342 e. The van der Waals surface area contributed by atoms with Crippen molar-refractivity contribution in [3.8, 4) is 0 Å². The molecule has 2 N–H and O–H groups in total. The van der Waals surface area contributed by atoms with E-state index in [4.69, 9.17) is 0 Å². The monoisotopic (exact) mass is 398 g/mol. The van der Waals surface area contributed by atoms with E-state index in [1.165, 1.54) is 12.1 Å². The smallest absolute Gasteiger partial charge is 0.230 e. The first kappa shape index (κ1) is 18.2. The van der Waals surface area contributed by atoms with E-state index in [9.17, 15) is 14.0 Å². The SMILES string of the molecule is O=C1CC(C(=O)N2CCC(c3nnc4n3CCNC4)CC2)c2ccc(F)cc2N1. The van der Waals surface area contributed by atoms with Crippen molar-refractivity contribution in [3.05, 3.63) is 41.2 Å². The number of carbonyl (C=O) groups excluding carboxylic acids is 2. The Morgan fingerprint density at radius 3 is 2.83 bits per heavy atom. The average molecular weight is 398 g/mol. The third-order valence-corrected chi connectivity index (χ3v) is 6.18. The highest BCUT2D eigenvalue weighted by molar-refractivity contribution is 6.01. The van der Waals surface area contributed by atoms with E-state index in [1.807, 2.05) is 4.90 Å². The molecule has 8 nitrogen and oxygen atoms in total. The molecule has 1 aromatic carbocycles. The highest BCUT2D eigenvalue weighted by Gasteiger charge is 2.36. The fraction of sp³-hybridized carbons (Fsp3) is 0.500. The molecular weight excluding hydrogens is 375 g/mol. The van der Waals surface area contributed by atoms with Gasteiger partial charge in [-0.15, -0.1) is 10.2 Å². The first-order chi connectivity index (χ1) is 14.1. The van der Waals surface area contributed by atoms with Gasteiger partial charge in [-0.2, -0.15) is 0 Å². The molecule has 1 unspecified atom stereocenters. The Morgan fingerprint density at radius 2 is 2.00 bits per heavy atom. The van der Waals surface area contributed by atoms with Crippen molar-refractivity contribution in [1.29, 1.82) is 0 Å². The lowest BCUT2D eigenvalue weighted by molar-refractivity contribution is -0.136. The summed E-state index contributed by atoms with van der Waals surface area (Å²) < 4.78 is 15.7. The summed E-state index contributed by atoms with van der Waals surface area (Å²) in [6.45, 7) is 3.78. The second kappa shape index (κ2) is 7.22. The zero-order valence-corrected chi connectivity index (χ0v) is 16.0. The van der Waals surface area contributed by atoms with E-state index < -0.39 is 11.7 Å². The summed E-state index contributed by atoms with van der Waals surface area (Å²) in [5.74, 6) is 0.994. The molecule has 0 spiro atoms. The number of nitrogens with zero attached hydrogens (tertiary/aromatic N) is 4. The average Bonchev–Trinajstić information content (AvgIpc) is 3.16. The summed E-state index contributed by atoms with van der Waals surface area (Å²) >= 11 is 0. The molecule has 1 fully saturated rings. The van der Waals surface area contributed by atoms with E-state index in [-0.39, 0.29) is 24.2 Å². The van der Waals surface area contributed by atoms with Gasteiger partial charge in [0.2, 0.25) is 11.8 Å². The minimum atomic E-state index is -0.553. The maximum absolute atomic E-state index is 13.5. The third-order valence-electron chi connectivity index (χ3n) is 6.18. The van der Waals surface area contributed by atoms with Crippen LogP contribution in [0.5, 0.6) is 0 Å². The lowest BCUT2D eigenvalue weighted by Gasteiger charge is -2.35. The van der Waals surface area contributed by atoms with Crippen LogP contribution in [0.2, 0.25) is 0 Å². The van der Waals surface area contributed by atoms with Gasteiger partial charge in [-0.25, -0.2) is 4.39 Å². The molecule has 3 aliphatic rings. The number of nitrogens with one attached hydrogen (secondary N) is 2. The topological polar surface area (TPSA) is 92.2 Å². The molecule has 0 saturated carbocycles. The van der Waals surface area contributed by atoms with Crippen LogP contribution in [0, 0.1) is 5.82 Å². The van der Waals surface area contributed by atoms with Crippen molar-refractivity contribution in [3.63, 3.8) is 0 Å². The summed E-state index contributed by atoms with van der Waals surface area (Å²) in [7, 11) is 0. The van der Waals surface area contributed by atoms with Crippen molar-refractivity contribution in [2.75, 3.05) is 25.0 Å². The van der Waals surface area contributed by atoms with Gasteiger partial charge in [0.25, 0.3) is 0 Å². The quantitative estimate of drug-likeness (QED) is 0.797. The molecule has 29 heavy (non-hydrogen) atoms. The lowest BCUT2D eigenvalue weighted by Crippen LogP contribution is -2.43. The second-order valence-corrected chi connectivity index (χ2v) is 7.94. The number of carbonyl (C=O) groups is 2. The van der Waals surface area contributed by atoms with Crippen LogP contribution in [-0.4, -0.2) is 51.1 Å². The number of fused-ring (bicyclic) bond motifs is 2. The van der Waals surface area contributed by atoms with Crippen LogP contribution in [0.1, 0.15) is 48.3 Å². The molecule has 2 aromatic rings. The maximum Gasteiger partial charge on any atom is 0.230 e. The molecule has 152 valence electrons. The van der Waals surface area contributed by atoms with Crippen LogP contribution in [0.4, 0.5) is 10.1 Å². The van der Waals surface area contributed by atoms with E-state index in [0.717, 1.165) is 44.1 Å². The second-order valence-electron chi connectivity index (χ2n) is 7.94. The van der Waals surface area contributed by atoms with E-state index in [0.29, 0.717) is 24.3 Å². The number of aromatic nitrogens is 3. The van der Waals surface area contributed by atoms with Crippen LogP contribution in [-0.2, 0) is 22.7 Å². The predicted molar refractivity (Wildman–Crippen MR) is 103 cm³/mol. The standard InChI is InChI=1S/C20H23FN6O2/c21-13-1-2-14-15(10-18(28)23-16(14)9-13)20(29)26-6-3-12(4-7-26)19-25-24-17-11-22-5-8-27(17)19/h1-2,9,12,15,22H,3-8,10-11H2,(H,23,28). The number of piperidine rings is 1. The van der Waals surface area contributed by atoms with E-state index in [1.54, 1.807) is 6.07 Å². The molecule has 1 saturated heterocycles. The fourth-order valence-electron chi connectivity index (χ4n) is 4.65. The minimum absolute atomic E-state index is 0.0568. The summed E-state index contributed by atoms with van der Waals surface area (Å²) in [6, 6.07) is 4.23. The number of amides is 2. The van der Waals surface area contributed by atoms with Gasteiger partial charge in [-0.1, -0.05) is 6.07 Å². The number of halogens is 1.